The molecule has 1 amide bonds. The Morgan fingerprint density at radius 1 is 0.412 bits per heavy atom. The highest BCUT2D eigenvalue weighted by Crippen LogP contribution is 2.33. The third kappa shape index (κ3) is 31.9. The van der Waals surface area contributed by atoms with Crippen molar-refractivity contribution in [2.45, 2.75) is 375 Å². The average Bonchev–Trinajstić information content (AvgIpc) is 3.10. The number of nitrogens with one attached hydrogen (secondary N) is 1. The highest BCUT2D eigenvalue weighted by Gasteiger charge is 2.53. The summed E-state index contributed by atoms with van der Waals surface area (Å²) in [7, 11) is 0. The van der Waals surface area contributed by atoms with Crippen LogP contribution in [0.3, 0.4) is 0 Å². The minimum atomic E-state index is -1.98. The number of carbonyl (C=O) groups is 1. The van der Waals surface area contributed by atoms with Crippen LogP contribution in [0.25, 0.3) is 0 Å². The number of rotatable bonds is 53. The van der Waals surface area contributed by atoms with E-state index in [0.717, 1.165) is 44.9 Å². The lowest BCUT2D eigenvalue weighted by atomic mass is 9.96. The van der Waals surface area contributed by atoms with Crippen LogP contribution in [0.4, 0.5) is 0 Å². The van der Waals surface area contributed by atoms with Gasteiger partial charge in [0.1, 0.15) is 73.2 Å². The number of amides is 1. The molecule has 19 heteroatoms. The van der Waals surface area contributed by atoms with Crippen LogP contribution in [0.5, 0.6) is 0 Å². The van der Waals surface area contributed by atoms with Crippen molar-refractivity contribution >= 4 is 5.91 Å². The van der Waals surface area contributed by atoms with Gasteiger partial charge in [-0.05, 0) is 19.3 Å². The molecule has 3 heterocycles. The molecule has 0 aromatic heterocycles. The Balaban J connectivity index is 1.44. The van der Waals surface area contributed by atoms with Gasteiger partial charge >= 0.3 is 0 Å². The van der Waals surface area contributed by atoms with Crippen LogP contribution in [0.1, 0.15) is 271 Å². The molecule has 3 fully saturated rings. The van der Waals surface area contributed by atoms with Crippen LogP contribution < -0.4 is 5.32 Å². The molecule has 17 unspecified atom stereocenters. The van der Waals surface area contributed by atoms with Gasteiger partial charge in [-0.1, -0.05) is 257 Å². The van der Waals surface area contributed by atoms with Gasteiger partial charge in [-0.3, -0.25) is 4.79 Å². The summed E-state index contributed by atoms with van der Waals surface area (Å²) in [4.78, 5) is 13.4. The predicted molar refractivity (Wildman–Crippen MR) is 328 cm³/mol. The molecule has 0 radical (unpaired) electrons. The van der Waals surface area contributed by atoms with Gasteiger partial charge in [0.05, 0.1) is 38.6 Å². The molecule has 0 spiro atoms. The molecule has 0 aromatic rings. The fourth-order valence-corrected chi connectivity index (χ4v) is 12.0. The second-order valence-electron chi connectivity index (χ2n) is 25.0. The van der Waals surface area contributed by atoms with Crippen LogP contribution in [0.15, 0.2) is 12.2 Å². The first kappa shape index (κ1) is 77.8. The Morgan fingerprint density at radius 2 is 0.729 bits per heavy atom. The van der Waals surface area contributed by atoms with Gasteiger partial charge in [0, 0.05) is 6.42 Å². The van der Waals surface area contributed by atoms with Crippen LogP contribution in [0.2, 0.25) is 0 Å². The number of aliphatic hydroxyl groups is 11. The van der Waals surface area contributed by atoms with Crippen LogP contribution in [-0.2, 0) is 33.2 Å². The molecule has 3 saturated heterocycles. The van der Waals surface area contributed by atoms with Crippen LogP contribution in [-0.4, -0.2) is 193 Å². The summed E-state index contributed by atoms with van der Waals surface area (Å²) in [6.45, 7) is 1.77. The monoisotopic (exact) mass is 1220 g/mol. The molecule has 502 valence electrons. The topological polar surface area (TPSA) is 307 Å². The van der Waals surface area contributed by atoms with E-state index in [1.165, 1.54) is 199 Å². The molecular weight excluding hydrogens is 1090 g/mol. The van der Waals surface area contributed by atoms with E-state index in [0.29, 0.717) is 6.42 Å². The van der Waals surface area contributed by atoms with E-state index in [1.54, 1.807) is 6.08 Å². The standard InChI is InChI=1S/C66H125NO18/c1-3-5-7-9-11-13-15-17-19-21-22-23-24-25-26-27-28-29-31-33-35-37-39-41-43-50(71)49(67-54(72)44-42-40-38-36-34-32-30-20-18-16-14-12-10-8-6-4-2)48-80-64-60(78)57(75)62(52(46-69)82-64)85-66-61(79)58(76)63(53(47-70)83-66)84-65-59(77)56(74)55(73)51(45-68)81-65/h41,43,49-53,55-66,68-71,73-79H,3-40,42,44-48H2,1-2H3,(H,67,72)/b43-41+. The van der Waals surface area contributed by atoms with Crippen molar-refractivity contribution in [3.05, 3.63) is 12.2 Å². The van der Waals surface area contributed by atoms with Gasteiger partial charge in [-0.15, -0.1) is 0 Å². The molecule has 19 nitrogen and oxygen atoms in total. The third-order valence-corrected chi connectivity index (χ3v) is 17.6. The summed E-state index contributed by atoms with van der Waals surface area (Å²) in [5.41, 5.74) is 0. The zero-order valence-corrected chi connectivity index (χ0v) is 52.9. The lowest BCUT2D eigenvalue weighted by Crippen LogP contribution is -2.66. The van der Waals surface area contributed by atoms with Gasteiger partial charge in [0.15, 0.2) is 18.9 Å². The third-order valence-electron chi connectivity index (χ3n) is 17.6. The predicted octanol–water partition coefficient (Wildman–Crippen LogP) is 8.50. The SMILES string of the molecule is CCCCCCCCCCCCCCCCCCCCCCCC/C=C/C(O)C(COC1OC(CO)C(OC2OC(CO)C(OC3OC(CO)C(O)C(O)C3O)C(O)C2O)C(O)C1O)NC(=O)CCCCCCCCCCCCCCCCCC. The van der Waals surface area contributed by atoms with Gasteiger partial charge < -0.3 is 89.9 Å². The highest BCUT2D eigenvalue weighted by atomic mass is 16.8. The van der Waals surface area contributed by atoms with Crippen molar-refractivity contribution in [2.24, 2.45) is 0 Å². The van der Waals surface area contributed by atoms with Crippen molar-refractivity contribution in [3.8, 4) is 0 Å². The molecule has 3 aliphatic heterocycles. The first-order chi connectivity index (χ1) is 41.3. The Hall–Kier alpha value is -1.47. The summed E-state index contributed by atoms with van der Waals surface area (Å²) >= 11 is 0. The summed E-state index contributed by atoms with van der Waals surface area (Å²) in [5.74, 6) is -0.270. The van der Waals surface area contributed by atoms with E-state index < -0.39 is 124 Å². The van der Waals surface area contributed by atoms with E-state index in [1.807, 2.05) is 6.08 Å². The number of hydrogen-bond acceptors (Lipinski definition) is 18. The number of allylic oxidation sites excluding steroid dienone is 1. The fourth-order valence-electron chi connectivity index (χ4n) is 12.0. The minimum absolute atomic E-state index is 0.249. The lowest BCUT2D eigenvalue weighted by molar-refractivity contribution is -0.379. The number of carbonyl (C=O) groups excluding carboxylic acids is 1. The van der Waals surface area contributed by atoms with Gasteiger partial charge in [-0.2, -0.15) is 0 Å². The number of ether oxygens (including phenoxy) is 6. The normalized spacial score (nSPS) is 29.0. The molecule has 0 bridgehead atoms. The summed E-state index contributed by atoms with van der Waals surface area (Å²) in [6, 6.07) is -0.968. The van der Waals surface area contributed by atoms with Crippen molar-refractivity contribution in [2.75, 3.05) is 26.4 Å². The zero-order chi connectivity index (χ0) is 61.9. The molecule has 0 aromatic carbocycles. The maximum absolute atomic E-state index is 13.4. The van der Waals surface area contributed by atoms with Gasteiger partial charge in [0.2, 0.25) is 5.91 Å². The fraction of sp³-hybridized carbons (Fsp3) is 0.955. The Labute approximate surface area is 512 Å². The molecular formula is C66H125NO18. The largest absolute Gasteiger partial charge is 0.394 e. The molecule has 0 aliphatic carbocycles. The molecule has 3 aliphatic rings. The van der Waals surface area contributed by atoms with Gasteiger partial charge in [0.25, 0.3) is 0 Å². The van der Waals surface area contributed by atoms with Crippen LogP contribution in [0, 0.1) is 0 Å². The summed E-state index contributed by atoms with van der Waals surface area (Å²) in [6.07, 6.45) is 26.1. The minimum Gasteiger partial charge on any atom is -0.394 e. The smallest absolute Gasteiger partial charge is 0.220 e. The Morgan fingerprint density at radius 3 is 1.11 bits per heavy atom. The Bertz CT molecular complexity index is 1600. The van der Waals surface area contributed by atoms with E-state index in [2.05, 4.69) is 19.2 Å². The first-order valence-corrected chi connectivity index (χ1v) is 34.4. The van der Waals surface area contributed by atoms with Gasteiger partial charge in [-0.25, -0.2) is 0 Å². The second-order valence-corrected chi connectivity index (χ2v) is 25.0. The first-order valence-electron chi connectivity index (χ1n) is 34.4. The lowest BCUT2D eigenvalue weighted by Gasteiger charge is -2.48. The number of hydrogen-bond donors (Lipinski definition) is 12. The highest BCUT2D eigenvalue weighted by molar-refractivity contribution is 5.76. The van der Waals surface area contributed by atoms with E-state index >= 15 is 0 Å². The average molecular weight is 1220 g/mol. The number of unbranched alkanes of at least 4 members (excludes halogenated alkanes) is 37. The van der Waals surface area contributed by atoms with E-state index in [9.17, 15) is 61.0 Å². The molecule has 12 N–H and O–H groups in total. The quantitative estimate of drug-likeness (QED) is 0.0201. The maximum atomic E-state index is 13.4. The second kappa shape index (κ2) is 49.3. The summed E-state index contributed by atoms with van der Waals surface area (Å²) < 4.78 is 34.3. The van der Waals surface area contributed by atoms with Crippen molar-refractivity contribution in [3.63, 3.8) is 0 Å². The summed E-state index contributed by atoms with van der Waals surface area (Å²) in [5, 5.41) is 120. The zero-order valence-electron chi connectivity index (χ0n) is 52.9. The van der Waals surface area contributed by atoms with Crippen molar-refractivity contribution < 1.29 is 89.4 Å². The maximum Gasteiger partial charge on any atom is 0.220 e. The molecule has 0 saturated carbocycles. The van der Waals surface area contributed by atoms with Crippen molar-refractivity contribution in [1.82, 2.24) is 5.32 Å². The van der Waals surface area contributed by atoms with E-state index in [-0.39, 0.29) is 18.9 Å². The van der Waals surface area contributed by atoms with E-state index in [4.69, 9.17) is 28.4 Å². The van der Waals surface area contributed by atoms with Crippen LogP contribution >= 0.6 is 0 Å². The Kier molecular flexibility index (Phi) is 45.1. The molecule has 85 heavy (non-hydrogen) atoms. The number of aliphatic hydroxyl groups excluding tert-OH is 11. The van der Waals surface area contributed by atoms with Crippen molar-refractivity contribution in [1.29, 1.82) is 0 Å². The molecule has 17 atom stereocenters. The molecule has 3 rings (SSSR count).